The average Bonchev–Trinajstić information content (AvgIpc) is 3.10. The van der Waals surface area contributed by atoms with E-state index in [1.807, 2.05) is 4.68 Å². The molecule has 1 aromatic carbocycles. The van der Waals surface area contributed by atoms with Gasteiger partial charge in [-0.3, -0.25) is 9.78 Å². The van der Waals surface area contributed by atoms with Crippen LogP contribution < -0.4 is 10.1 Å². The first kappa shape index (κ1) is 15.3. The Morgan fingerprint density at radius 2 is 2.24 bits per heavy atom. The van der Waals surface area contributed by atoms with Crippen molar-refractivity contribution in [2.45, 2.75) is 25.4 Å². The van der Waals surface area contributed by atoms with Gasteiger partial charge in [-0.2, -0.15) is 5.10 Å². The van der Waals surface area contributed by atoms with Gasteiger partial charge >= 0.3 is 0 Å². The molecule has 3 heterocycles. The van der Waals surface area contributed by atoms with Gasteiger partial charge in [0.1, 0.15) is 17.9 Å². The van der Waals surface area contributed by atoms with E-state index >= 15 is 0 Å². The third-order valence-corrected chi connectivity index (χ3v) is 4.00. The summed E-state index contributed by atoms with van der Waals surface area (Å²) in [6.45, 7) is 0.636. The van der Waals surface area contributed by atoms with Crippen molar-refractivity contribution in [3.05, 3.63) is 60.6 Å². The molecule has 8 nitrogen and oxygen atoms in total. The van der Waals surface area contributed by atoms with Crippen LogP contribution in [0.1, 0.15) is 22.6 Å². The van der Waals surface area contributed by atoms with Gasteiger partial charge in [0.05, 0.1) is 12.7 Å². The quantitative estimate of drug-likeness (QED) is 0.778. The Labute approximate surface area is 143 Å². The fourth-order valence-corrected chi connectivity index (χ4v) is 2.78. The molecule has 3 aromatic rings. The zero-order valence-corrected chi connectivity index (χ0v) is 13.4. The molecule has 1 amide bonds. The molecule has 0 saturated carbocycles. The van der Waals surface area contributed by atoms with Gasteiger partial charge in [-0.25, -0.2) is 14.6 Å². The highest BCUT2D eigenvalue weighted by Crippen LogP contribution is 2.20. The number of fused-ring (bicyclic) bond motifs is 1. The Morgan fingerprint density at radius 3 is 3.12 bits per heavy atom. The second-order valence-corrected chi connectivity index (χ2v) is 5.74. The summed E-state index contributed by atoms with van der Waals surface area (Å²) in [4.78, 5) is 24.7. The summed E-state index contributed by atoms with van der Waals surface area (Å²) in [6, 6.07) is 7.02. The van der Waals surface area contributed by atoms with Crippen LogP contribution in [0.2, 0.25) is 0 Å². The lowest BCUT2D eigenvalue weighted by atomic mass is 10.1. The predicted molar refractivity (Wildman–Crippen MR) is 88.1 cm³/mol. The summed E-state index contributed by atoms with van der Waals surface area (Å²) in [5, 5.41) is 7.22. The maximum Gasteiger partial charge on any atom is 0.251 e. The summed E-state index contributed by atoms with van der Waals surface area (Å²) >= 11 is 0. The zero-order valence-electron chi connectivity index (χ0n) is 13.4. The molecule has 0 fully saturated rings. The van der Waals surface area contributed by atoms with Crippen LogP contribution in [0.5, 0.6) is 11.6 Å². The van der Waals surface area contributed by atoms with Crippen molar-refractivity contribution in [2.75, 3.05) is 0 Å². The number of aromatic nitrogens is 5. The number of ether oxygens (including phenoxy) is 1. The van der Waals surface area contributed by atoms with Crippen molar-refractivity contribution in [2.24, 2.45) is 0 Å². The van der Waals surface area contributed by atoms with Gasteiger partial charge in [0.15, 0.2) is 0 Å². The first-order valence-corrected chi connectivity index (χ1v) is 7.99. The number of amides is 1. The molecule has 8 heteroatoms. The van der Waals surface area contributed by atoms with E-state index in [9.17, 15) is 4.79 Å². The van der Waals surface area contributed by atoms with Crippen LogP contribution in [0, 0.1) is 0 Å². The van der Waals surface area contributed by atoms with Crippen LogP contribution >= 0.6 is 0 Å². The molecule has 0 saturated heterocycles. The number of carbonyl (C=O) groups is 1. The summed E-state index contributed by atoms with van der Waals surface area (Å²) < 4.78 is 7.45. The van der Waals surface area contributed by atoms with E-state index in [-0.39, 0.29) is 11.9 Å². The van der Waals surface area contributed by atoms with Crippen molar-refractivity contribution >= 4 is 5.91 Å². The van der Waals surface area contributed by atoms with Crippen LogP contribution in [0.15, 0.2) is 49.2 Å². The van der Waals surface area contributed by atoms with Crippen LogP contribution in [0.3, 0.4) is 0 Å². The van der Waals surface area contributed by atoms with Gasteiger partial charge in [-0.1, -0.05) is 6.07 Å². The molecule has 0 bridgehead atoms. The van der Waals surface area contributed by atoms with E-state index in [0.29, 0.717) is 23.7 Å². The predicted octanol–water partition coefficient (Wildman–Crippen LogP) is 1.61. The average molecular weight is 336 g/mol. The highest BCUT2D eigenvalue weighted by molar-refractivity contribution is 5.94. The molecular formula is C17H16N6O2. The Balaban J connectivity index is 1.43. The number of hydrogen-bond donors (Lipinski definition) is 1. The summed E-state index contributed by atoms with van der Waals surface area (Å²) in [7, 11) is 0. The minimum absolute atomic E-state index is 0.0336. The van der Waals surface area contributed by atoms with E-state index < -0.39 is 0 Å². The Bertz CT molecular complexity index is 880. The molecule has 0 radical (unpaired) electrons. The summed E-state index contributed by atoms with van der Waals surface area (Å²) in [5.41, 5.74) is 0.533. The third-order valence-electron chi connectivity index (χ3n) is 4.00. The van der Waals surface area contributed by atoms with Crippen molar-refractivity contribution in [3.8, 4) is 11.6 Å². The van der Waals surface area contributed by atoms with E-state index in [2.05, 4.69) is 25.4 Å². The van der Waals surface area contributed by atoms with Crippen molar-refractivity contribution in [1.29, 1.82) is 0 Å². The van der Waals surface area contributed by atoms with Crippen molar-refractivity contribution < 1.29 is 9.53 Å². The largest absolute Gasteiger partial charge is 0.437 e. The number of rotatable bonds is 4. The Morgan fingerprint density at radius 1 is 1.28 bits per heavy atom. The minimum atomic E-state index is -0.141. The fourth-order valence-electron chi connectivity index (χ4n) is 2.78. The third kappa shape index (κ3) is 3.47. The van der Waals surface area contributed by atoms with E-state index in [0.717, 1.165) is 18.7 Å². The monoisotopic (exact) mass is 336 g/mol. The molecule has 1 N–H and O–H groups in total. The second kappa shape index (κ2) is 6.68. The number of carbonyl (C=O) groups excluding carboxylic acids is 1. The molecule has 1 unspecified atom stereocenters. The Kier molecular flexibility index (Phi) is 4.07. The summed E-state index contributed by atoms with van der Waals surface area (Å²) in [6.07, 6.45) is 7.84. The molecule has 2 aromatic heterocycles. The van der Waals surface area contributed by atoms with Crippen LogP contribution in [-0.4, -0.2) is 36.7 Å². The van der Waals surface area contributed by atoms with Gasteiger partial charge in [-0.05, 0) is 24.6 Å². The number of hydrogen-bond acceptors (Lipinski definition) is 6. The first-order valence-electron chi connectivity index (χ1n) is 7.99. The smallest absolute Gasteiger partial charge is 0.251 e. The lowest BCUT2D eigenvalue weighted by Gasteiger charge is -2.23. The number of nitrogens with zero attached hydrogens (tertiary/aromatic N) is 5. The van der Waals surface area contributed by atoms with Gasteiger partial charge in [-0.15, -0.1) is 0 Å². The highest BCUT2D eigenvalue weighted by atomic mass is 16.5. The maximum absolute atomic E-state index is 12.5. The van der Waals surface area contributed by atoms with Gasteiger partial charge in [0, 0.05) is 30.4 Å². The van der Waals surface area contributed by atoms with Gasteiger partial charge in [0.25, 0.3) is 5.91 Å². The molecule has 1 aliphatic heterocycles. The SMILES string of the molecule is O=C(NC1CCc2ncnn2C1)c1cccc(Oc2cnccn2)c1. The lowest BCUT2D eigenvalue weighted by molar-refractivity contribution is 0.0926. The molecular weight excluding hydrogens is 320 g/mol. The molecule has 4 rings (SSSR count). The molecule has 25 heavy (non-hydrogen) atoms. The standard InChI is InChI=1S/C17H16N6O2/c24-17(22-13-4-5-15-20-11-21-23(15)10-13)12-2-1-3-14(8-12)25-16-9-18-6-7-19-16/h1-3,6-9,11,13H,4-5,10H2,(H,22,24). The molecule has 0 aliphatic carbocycles. The number of benzene rings is 1. The first-order chi connectivity index (χ1) is 12.3. The fraction of sp³-hybridized carbons (Fsp3) is 0.235. The summed E-state index contributed by atoms with van der Waals surface area (Å²) in [5.74, 6) is 1.74. The van der Waals surface area contributed by atoms with Crippen LogP contribution in [0.4, 0.5) is 0 Å². The van der Waals surface area contributed by atoms with Crippen molar-refractivity contribution in [1.82, 2.24) is 30.0 Å². The van der Waals surface area contributed by atoms with E-state index in [4.69, 9.17) is 4.74 Å². The second-order valence-electron chi connectivity index (χ2n) is 5.74. The van der Waals surface area contributed by atoms with E-state index in [1.165, 1.54) is 6.20 Å². The topological polar surface area (TPSA) is 94.8 Å². The number of aryl methyl sites for hydroxylation is 1. The molecule has 0 spiro atoms. The Hall–Kier alpha value is -3.29. The maximum atomic E-state index is 12.5. The van der Waals surface area contributed by atoms with Gasteiger partial charge in [0.2, 0.25) is 5.88 Å². The highest BCUT2D eigenvalue weighted by Gasteiger charge is 2.21. The number of nitrogens with one attached hydrogen (secondary N) is 1. The van der Waals surface area contributed by atoms with Crippen LogP contribution in [-0.2, 0) is 13.0 Å². The molecule has 126 valence electrons. The molecule has 1 atom stereocenters. The minimum Gasteiger partial charge on any atom is -0.437 e. The van der Waals surface area contributed by atoms with Crippen LogP contribution in [0.25, 0.3) is 0 Å². The van der Waals surface area contributed by atoms with E-state index in [1.54, 1.807) is 43.0 Å². The van der Waals surface area contributed by atoms with Crippen molar-refractivity contribution in [3.63, 3.8) is 0 Å². The molecule has 1 aliphatic rings. The normalized spacial score (nSPS) is 16.1. The van der Waals surface area contributed by atoms with Gasteiger partial charge < -0.3 is 10.1 Å². The lowest BCUT2D eigenvalue weighted by Crippen LogP contribution is -2.41. The zero-order chi connectivity index (χ0) is 17.1.